The molecule has 0 unspecified atom stereocenters. The molecule has 0 spiro atoms. The highest BCUT2D eigenvalue weighted by atomic mass is 16.5. The fourth-order valence-electron chi connectivity index (χ4n) is 2.08. The number of nitrogens with one attached hydrogen (secondary N) is 2. The van der Waals surface area contributed by atoms with Crippen LogP contribution in [-0.2, 0) is 4.79 Å². The second kappa shape index (κ2) is 10.1. The molecule has 2 aromatic carbocycles. The molecule has 0 atom stereocenters. The molecule has 0 heterocycles. The minimum atomic E-state index is -0.450. The number of hydrazine groups is 1. The summed E-state index contributed by atoms with van der Waals surface area (Å²) < 4.78 is 10.9. The highest BCUT2D eigenvalue weighted by Crippen LogP contribution is 2.14. The quantitative estimate of drug-likeness (QED) is 0.563. The van der Waals surface area contributed by atoms with E-state index < -0.39 is 11.8 Å². The fourth-order valence-corrected chi connectivity index (χ4v) is 2.08. The van der Waals surface area contributed by atoms with E-state index in [4.69, 9.17) is 9.47 Å². The second-order valence-corrected chi connectivity index (χ2v) is 5.83. The number of amides is 2. The van der Waals surface area contributed by atoms with Gasteiger partial charge in [0.1, 0.15) is 11.5 Å². The van der Waals surface area contributed by atoms with Crippen LogP contribution in [0.25, 0.3) is 0 Å². The van der Waals surface area contributed by atoms with Crippen LogP contribution in [-0.4, -0.2) is 25.0 Å². The van der Waals surface area contributed by atoms with Gasteiger partial charge >= 0.3 is 0 Å². The maximum atomic E-state index is 12.1. The lowest BCUT2D eigenvalue weighted by atomic mass is 10.2. The number of carbonyl (C=O) groups excluding carboxylic acids is 2. The van der Waals surface area contributed by atoms with Crippen molar-refractivity contribution in [3.8, 4) is 11.5 Å². The van der Waals surface area contributed by atoms with Gasteiger partial charge in [0, 0.05) is 5.56 Å². The van der Waals surface area contributed by atoms with Gasteiger partial charge < -0.3 is 9.47 Å². The SMILES string of the molecule is CCCCOc1cccc(C(=O)NNC(=O)COc2ccc(C)cc2)c1. The average molecular weight is 356 g/mol. The van der Waals surface area contributed by atoms with Crippen LogP contribution >= 0.6 is 0 Å². The molecule has 138 valence electrons. The van der Waals surface area contributed by atoms with Gasteiger partial charge in [-0.1, -0.05) is 37.1 Å². The minimum Gasteiger partial charge on any atom is -0.494 e. The van der Waals surface area contributed by atoms with E-state index in [-0.39, 0.29) is 6.61 Å². The lowest BCUT2D eigenvalue weighted by Gasteiger charge is -2.10. The van der Waals surface area contributed by atoms with Crippen molar-refractivity contribution in [3.05, 3.63) is 59.7 Å². The molecule has 0 saturated carbocycles. The summed E-state index contributed by atoms with van der Waals surface area (Å²) >= 11 is 0. The van der Waals surface area contributed by atoms with Gasteiger partial charge in [-0.2, -0.15) is 0 Å². The predicted molar refractivity (Wildman–Crippen MR) is 99.1 cm³/mol. The number of aryl methyl sites for hydroxylation is 1. The Morgan fingerprint density at radius 2 is 1.73 bits per heavy atom. The van der Waals surface area contributed by atoms with Gasteiger partial charge in [-0.25, -0.2) is 0 Å². The molecule has 26 heavy (non-hydrogen) atoms. The van der Waals surface area contributed by atoms with E-state index in [1.54, 1.807) is 36.4 Å². The Hall–Kier alpha value is -3.02. The topological polar surface area (TPSA) is 76.7 Å². The van der Waals surface area contributed by atoms with E-state index in [0.29, 0.717) is 23.7 Å². The molecule has 0 radical (unpaired) electrons. The maximum Gasteiger partial charge on any atom is 0.276 e. The van der Waals surface area contributed by atoms with Crippen molar-refractivity contribution < 1.29 is 19.1 Å². The van der Waals surface area contributed by atoms with Gasteiger partial charge in [0.05, 0.1) is 6.61 Å². The van der Waals surface area contributed by atoms with Crippen LogP contribution in [0.5, 0.6) is 11.5 Å². The number of ether oxygens (including phenoxy) is 2. The molecular formula is C20H24N2O4. The first-order valence-electron chi connectivity index (χ1n) is 8.60. The minimum absolute atomic E-state index is 0.191. The molecule has 0 bridgehead atoms. The molecule has 0 aromatic heterocycles. The predicted octanol–water partition coefficient (Wildman–Crippen LogP) is 3.01. The van der Waals surface area contributed by atoms with E-state index in [1.807, 2.05) is 19.1 Å². The molecule has 2 amide bonds. The Morgan fingerprint density at radius 3 is 2.46 bits per heavy atom. The normalized spacial score (nSPS) is 10.1. The van der Waals surface area contributed by atoms with E-state index in [1.165, 1.54) is 0 Å². The van der Waals surface area contributed by atoms with Gasteiger partial charge in [-0.3, -0.25) is 20.4 Å². The average Bonchev–Trinajstić information content (AvgIpc) is 2.66. The van der Waals surface area contributed by atoms with E-state index in [9.17, 15) is 9.59 Å². The molecule has 6 heteroatoms. The van der Waals surface area contributed by atoms with Crippen molar-refractivity contribution >= 4 is 11.8 Å². The zero-order valence-electron chi connectivity index (χ0n) is 15.1. The molecule has 6 nitrogen and oxygen atoms in total. The first-order valence-corrected chi connectivity index (χ1v) is 8.60. The van der Waals surface area contributed by atoms with E-state index >= 15 is 0 Å². The van der Waals surface area contributed by atoms with Crippen LogP contribution in [0.2, 0.25) is 0 Å². The Kier molecular flexibility index (Phi) is 7.49. The summed E-state index contributed by atoms with van der Waals surface area (Å²) in [7, 11) is 0. The third-order valence-corrected chi connectivity index (χ3v) is 3.57. The van der Waals surface area contributed by atoms with Gasteiger partial charge in [0.25, 0.3) is 11.8 Å². The first kappa shape index (κ1) is 19.3. The van der Waals surface area contributed by atoms with Crippen LogP contribution in [0.1, 0.15) is 35.7 Å². The van der Waals surface area contributed by atoms with Crippen molar-refractivity contribution in [1.29, 1.82) is 0 Å². The monoisotopic (exact) mass is 356 g/mol. The molecule has 0 aliphatic rings. The number of hydrogen-bond acceptors (Lipinski definition) is 4. The Morgan fingerprint density at radius 1 is 0.962 bits per heavy atom. The Balaban J connectivity index is 1.77. The summed E-state index contributed by atoms with van der Waals surface area (Å²) in [5.74, 6) is 0.345. The number of carbonyl (C=O) groups is 2. The maximum absolute atomic E-state index is 12.1. The summed E-state index contributed by atoms with van der Waals surface area (Å²) in [6.07, 6.45) is 1.99. The summed E-state index contributed by atoms with van der Waals surface area (Å²) in [5.41, 5.74) is 6.20. The van der Waals surface area contributed by atoms with Crippen molar-refractivity contribution in [1.82, 2.24) is 10.9 Å². The van der Waals surface area contributed by atoms with E-state index in [2.05, 4.69) is 17.8 Å². The zero-order valence-corrected chi connectivity index (χ0v) is 15.1. The highest BCUT2D eigenvalue weighted by molar-refractivity contribution is 5.95. The van der Waals surface area contributed by atoms with Crippen molar-refractivity contribution in [3.63, 3.8) is 0 Å². The van der Waals surface area contributed by atoms with Gasteiger partial charge in [0.2, 0.25) is 0 Å². The van der Waals surface area contributed by atoms with Crippen LogP contribution < -0.4 is 20.3 Å². The van der Waals surface area contributed by atoms with Crippen LogP contribution in [0.3, 0.4) is 0 Å². The molecule has 0 fully saturated rings. The fraction of sp³-hybridized carbons (Fsp3) is 0.300. The summed E-state index contributed by atoms with van der Waals surface area (Å²) in [6, 6.07) is 14.2. The third kappa shape index (κ3) is 6.47. The second-order valence-electron chi connectivity index (χ2n) is 5.83. The van der Waals surface area contributed by atoms with Gasteiger partial charge in [0.15, 0.2) is 6.61 Å². The third-order valence-electron chi connectivity index (χ3n) is 3.57. The van der Waals surface area contributed by atoms with Crippen LogP contribution in [0.4, 0.5) is 0 Å². The summed E-state index contributed by atoms with van der Waals surface area (Å²) in [5, 5.41) is 0. The summed E-state index contributed by atoms with van der Waals surface area (Å²) in [4.78, 5) is 23.9. The highest BCUT2D eigenvalue weighted by Gasteiger charge is 2.09. The zero-order chi connectivity index (χ0) is 18.8. The Labute approximate surface area is 153 Å². The molecule has 0 saturated heterocycles. The van der Waals surface area contributed by atoms with E-state index in [0.717, 1.165) is 18.4 Å². The molecule has 2 N–H and O–H groups in total. The van der Waals surface area contributed by atoms with Gasteiger partial charge in [-0.15, -0.1) is 0 Å². The molecule has 2 aromatic rings. The standard InChI is InChI=1S/C20H24N2O4/c1-3-4-12-25-18-7-5-6-16(13-18)20(24)22-21-19(23)14-26-17-10-8-15(2)9-11-17/h5-11,13H,3-4,12,14H2,1-2H3,(H,21,23)(H,22,24). The van der Waals surface area contributed by atoms with Crippen molar-refractivity contribution in [2.24, 2.45) is 0 Å². The Bertz CT molecular complexity index is 729. The molecular weight excluding hydrogens is 332 g/mol. The smallest absolute Gasteiger partial charge is 0.276 e. The number of rotatable bonds is 8. The molecule has 0 aliphatic carbocycles. The first-order chi connectivity index (χ1) is 12.6. The lowest BCUT2D eigenvalue weighted by molar-refractivity contribution is -0.123. The van der Waals surface area contributed by atoms with Crippen molar-refractivity contribution in [2.75, 3.05) is 13.2 Å². The number of unbranched alkanes of at least 4 members (excludes halogenated alkanes) is 1. The molecule has 0 aliphatic heterocycles. The van der Waals surface area contributed by atoms with Crippen LogP contribution in [0.15, 0.2) is 48.5 Å². The largest absolute Gasteiger partial charge is 0.494 e. The van der Waals surface area contributed by atoms with Gasteiger partial charge in [-0.05, 0) is 43.7 Å². The number of benzene rings is 2. The van der Waals surface area contributed by atoms with Crippen LogP contribution in [0, 0.1) is 6.92 Å². The molecule has 2 rings (SSSR count). The van der Waals surface area contributed by atoms with Crippen molar-refractivity contribution in [2.45, 2.75) is 26.7 Å². The summed E-state index contributed by atoms with van der Waals surface area (Å²) in [6.45, 7) is 4.46. The lowest BCUT2D eigenvalue weighted by Crippen LogP contribution is -2.43. The number of hydrogen-bond donors (Lipinski definition) is 2.